The summed E-state index contributed by atoms with van der Waals surface area (Å²) in [7, 11) is 0. The Labute approximate surface area is 78.3 Å². The lowest BCUT2D eigenvalue weighted by Gasteiger charge is -1.94. The molecule has 2 rings (SSSR count). The van der Waals surface area contributed by atoms with Crippen LogP contribution in [0.2, 0.25) is 0 Å². The minimum Gasteiger partial charge on any atom is -0.328 e. The molecule has 0 spiro atoms. The Hall–Kier alpha value is -1.01. The van der Waals surface area contributed by atoms with Gasteiger partial charge in [-0.2, -0.15) is 4.98 Å². The molecule has 2 aromatic rings. The van der Waals surface area contributed by atoms with Crippen LogP contribution in [0.5, 0.6) is 0 Å². The van der Waals surface area contributed by atoms with Crippen LogP contribution in [0.3, 0.4) is 0 Å². The van der Waals surface area contributed by atoms with Crippen LogP contribution in [0, 0.1) is 16.3 Å². The van der Waals surface area contributed by atoms with Gasteiger partial charge < -0.3 is 4.98 Å². The lowest BCUT2D eigenvalue weighted by Crippen LogP contribution is -1.93. The summed E-state index contributed by atoms with van der Waals surface area (Å²) < 4.78 is 2.75. The van der Waals surface area contributed by atoms with Gasteiger partial charge in [0.25, 0.3) is 0 Å². The van der Waals surface area contributed by atoms with E-state index < -0.39 is 0 Å². The summed E-state index contributed by atoms with van der Waals surface area (Å²) in [5.41, 5.74) is 0.974. The summed E-state index contributed by atoms with van der Waals surface area (Å²) >= 11 is 9.94. The number of aromatic amines is 2. The molecule has 0 bridgehead atoms. The number of aromatic nitrogens is 4. The van der Waals surface area contributed by atoms with E-state index in [1.165, 1.54) is 0 Å². The molecule has 0 fully saturated rings. The van der Waals surface area contributed by atoms with Gasteiger partial charge in [-0.25, -0.2) is 4.52 Å². The maximum Gasteiger partial charge on any atom is 0.230 e. The largest absolute Gasteiger partial charge is 0.328 e. The van der Waals surface area contributed by atoms with Crippen molar-refractivity contribution in [1.29, 1.82) is 0 Å². The van der Waals surface area contributed by atoms with E-state index in [9.17, 15) is 0 Å². The van der Waals surface area contributed by atoms with Crippen LogP contribution < -0.4 is 0 Å². The molecule has 0 aliphatic carbocycles. The summed E-state index contributed by atoms with van der Waals surface area (Å²) in [5.74, 6) is 0.657. The Morgan fingerprint density at radius 1 is 1.50 bits per heavy atom. The highest BCUT2D eigenvalue weighted by Gasteiger charge is 1.96. The molecule has 2 heterocycles. The molecule has 62 valence electrons. The van der Waals surface area contributed by atoms with E-state index in [0.29, 0.717) is 15.2 Å². The van der Waals surface area contributed by atoms with Crippen molar-refractivity contribution in [2.45, 2.75) is 6.92 Å². The van der Waals surface area contributed by atoms with Gasteiger partial charge in [-0.3, -0.25) is 5.10 Å². The number of nitrogens with one attached hydrogen (secondary N) is 2. The van der Waals surface area contributed by atoms with Crippen molar-refractivity contribution < 1.29 is 0 Å². The molecule has 0 aromatic carbocycles. The maximum atomic E-state index is 5.08. The Morgan fingerprint density at radius 2 is 2.25 bits per heavy atom. The number of rotatable bonds is 0. The molecule has 0 atom stereocenters. The van der Waals surface area contributed by atoms with Gasteiger partial charge in [0, 0.05) is 5.69 Å². The molecule has 4 nitrogen and oxygen atoms in total. The fraction of sp³-hybridized carbons (Fsp3) is 0.167. The SMILES string of the molecule is Cc1cc(=S)n2[nH]c(=S)nc2[nH]1. The smallest absolute Gasteiger partial charge is 0.230 e. The van der Waals surface area contributed by atoms with E-state index in [4.69, 9.17) is 24.4 Å². The van der Waals surface area contributed by atoms with Crippen LogP contribution >= 0.6 is 24.4 Å². The van der Waals surface area contributed by atoms with Crippen LogP contribution in [0.1, 0.15) is 5.69 Å². The zero-order valence-electron chi connectivity index (χ0n) is 6.29. The molecule has 0 radical (unpaired) electrons. The first kappa shape index (κ1) is 7.63. The van der Waals surface area contributed by atoms with E-state index in [1.807, 2.05) is 13.0 Å². The Kier molecular flexibility index (Phi) is 1.59. The number of nitrogens with zero attached hydrogens (tertiary/aromatic N) is 2. The highest BCUT2D eigenvalue weighted by Crippen LogP contribution is 1.99. The van der Waals surface area contributed by atoms with Gasteiger partial charge in [0.2, 0.25) is 10.5 Å². The van der Waals surface area contributed by atoms with Crippen molar-refractivity contribution in [1.82, 2.24) is 19.6 Å². The summed E-state index contributed by atoms with van der Waals surface area (Å²) in [6, 6.07) is 1.84. The molecule has 0 aliphatic heterocycles. The minimum atomic E-state index is 0.433. The third-order valence-corrected chi connectivity index (χ3v) is 1.98. The highest BCUT2D eigenvalue weighted by molar-refractivity contribution is 7.71. The molecule has 0 saturated carbocycles. The Morgan fingerprint density at radius 3 is 3.00 bits per heavy atom. The molecule has 0 saturated heterocycles. The van der Waals surface area contributed by atoms with Crippen molar-refractivity contribution in [3.05, 3.63) is 21.2 Å². The molecule has 0 amide bonds. The monoisotopic (exact) mass is 198 g/mol. The third-order valence-electron chi connectivity index (χ3n) is 1.50. The Balaban J connectivity index is 3.08. The van der Waals surface area contributed by atoms with Crippen LogP contribution in [0.15, 0.2) is 6.07 Å². The predicted molar refractivity (Wildman–Crippen MR) is 50.3 cm³/mol. The summed E-state index contributed by atoms with van der Waals surface area (Å²) in [4.78, 5) is 7.07. The summed E-state index contributed by atoms with van der Waals surface area (Å²) in [6.45, 7) is 1.92. The number of hydrogen-bond donors (Lipinski definition) is 2. The van der Waals surface area contributed by atoms with Gasteiger partial charge in [-0.15, -0.1) is 0 Å². The van der Waals surface area contributed by atoms with Gasteiger partial charge in [0.1, 0.15) is 4.64 Å². The zero-order chi connectivity index (χ0) is 8.72. The zero-order valence-corrected chi connectivity index (χ0v) is 7.92. The van der Waals surface area contributed by atoms with Crippen molar-refractivity contribution >= 4 is 30.2 Å². The number of fused-ring (bicyclic) bond motifs is 1. The summed E-state index contributed by atoms with van der Waals surface area (Å²) in [6.07, 6.45) is 0. The van der Waals surface area contributed by atoms with Gasteiger partial charge in [-0.05, 0) is 25.2 Å². The second-order valence-corrected chi connectivity index (χ2v) is 3.28. The standard InChI is InChI=1S/C6H6N4S2/c1-3-2-4(11)10-5(7-3)8-6(12)9-10/h2H,1H3,(H2,7,8,9,12). The van der Waals surface area contributed by atoms with E-state index in [0.717, 1.165) is 5.69 Å². The van der Waals surface area contributed by atoms with E-state index in [1.54, 1.807) is 4.52 Å². The average Bonchev–Trinajstić information content (AvgIpc) is 2.29. The lowest BCUT2D eigenvalue weighted by atomic mass is 10.5. The predicted octanol–water partition coefficient (Wildman–Crippen LogP) is 1.76. The van der Waals surface area contributed by atoms with Crippen molar-refractivity contribution in [2.75, 3.05) is 0 Å². The van der Waals surface area contributed by atoms with E-state index >= 15 is 0 Å². The van der Waals surface area contributed by atoms with Gasteiger partial charge in [0.05, 0.1) is 0 Å². The average molecular weight is 198 g/mol. The molecular formula is C6H6N4S2. The molecule has 0 aliphatic rings. The van der Waals surface area contributed by atoms with Crippen LogP contribution in [-0.4, -0.2) is 19.6 Å². The van der Waals surface area contributed by atoms with Crippen molar-refractivity contribution in [3.8, 4) is 0 Å². The van der Waals surface area contributed by atoms with Crippen LogP contribution in [-0.2, 0) is 0 Å². The van der Waals surface area contributed by atoms with Crippen LogP contribution in [0.25, 0.3) is 5.78 Å². The quantitative estimate of drug-likeness (QED) is 0.634. The van der Waals surface area contributed by atoms with E-state index in [2.05, 4.69) is 15.1 Å². The maximum absolute atomic E-state index is 5.08. The molecule has 12 heavy (non-hydrogen) atoms. The number of hydrogen-bond acceptors (Lipinski definition) is 3. The fourth-order valence-corrected chi connectivity index (χ4v) is 1.51. The first-order chi connectivity index (χ1) is 5.66. The second-order valence-electron chi connectivity index (χ2n) is 2.48. The molecule has 0 unspecified atom stereocenters. The number of aryl methyl sites for hydroxylation is 1. The summed E-state index contributed by atoms with van der Waals surface area (Å²) in [5, 5.41) is 2.84. The van der Waals surface area contributed by atoms with Crippen molar-refractivity contribution in [3.63, 3.8) is 0 Å². The van der Waals surface area contributed by atoms with Gasteiger partial charge in [-0.1, -0.05) is 12.2 Å². The normalized spacial score (nSPS) is 10.8. The molecular weight excluding hydrogens is 192 g/mol. The van der Waals surface area contributed by atoms with Crippen molar-refractivity contribution in [2.24, 2.45) is 0 Å². The Bertz CT molecular complexity index is 532. The first-order valence-electron chi connectivity index (χ1n) is 3.35. The molecule has 2 N–H and O–H groups in total. The third kappa shape index (κ3) is 1.09. The van der Waals surface area contributed by atoms with E-state index in [-0.39, 0.29) is 0 Å². The minimum absolute atomic E-state index is 0.433. The topological polar surface area (TPSA) is 48.9 Å². The number of H-pyrrole nitrogens is 2. The van der Waals surface area contributed by atoms with Gasteiger partial charge >= 0.3 is 0 Å². The molecule has 2 aromatic heterocycles. The second kappa shape index (κ2) is 2.49. The molecule has 6 heteroatoms. The van der Waals surface area contributed by atoms with Crippen LogP contribution in [0.4, 0.5) is 0 Å². The first-order valence-corrected chi connectivity index (χ1v) is 4.17. The fourth-order valence-electron chi connectivity index (χ4n) is 1.03. The highest BCUT2D eigenvalue weighted by atomic mass is 32.1. The van der Waals surface area contributed by atoms with Gasteiger partial charge in [0.15, 0.2) is 0 Å². The lowest BCUT2D eigenvalue weighted by molar-refractivity contribution is 0.909.